The number of hydrogen-bond acceptors (Lipinski definition) is 3. The summed E-state index contributed by atoms with van der Waals surface area (Å²) >= 11 is 0. The van der Waals surface area contributed by atoms with E-state index < -0.39 is 5.97 Å². The Morgan fingerprint density at radius 1 is 1.37 bits per heavy atom. The number of benzene rings is 1. The van der Waals surface area contributed by atoms with Crippen LogP contribution < -0.4 is 0 Å². The fraction of sp³-hybridized carbons (Fsp3) is 0.333. The number of hydrogen-bond donors (Lipinski definition) is 1. The standard InChI is InChI=1S/C15H16N2O2/c18-15(19)12-6-8-17(10-12)9-11-5-7-16-14-4-2-1-3-13(11)14/h1-5,7,12H,6,8-10H2,(H,18,19). The van der Waals surface area contributed by atoms with E-state index in [0.29, 0.717) is 6.54 Å². The molecule has 98 valence electrons. The summed E-state index contributed by atoms with van der Waals surface area (Å²) in [7, 11) is 0. The molecule has 1 aliphatic heterocycles. The van der Waals surface area contributed by atoms with E-state index in [1.807, 2.05) is 30.5 Å². The monoisotopic (exact) mass is 256 g/mol. The third-order valence-corrected chi connectivity index (χ3v) is 3.75. The van der Waals surface area contributed by atoms with Crippen LogP contribution >= 0.6 is 0 Å². The third-order valence-electron chi connectivity index (χ3n) is 3.75. The Morgan fingerprint density at radius 3 is 3.00 bits per heavy atom. The molecule has 0 amide bonds. The normalized spacial score (nSPS) is 19.9. The van der Waals surface area contributed by atoms with Crippen LogP contribution in [0.25, 0.3) is 10.9 Å². The van der Waals surface area contributed by atoms with Crippen LogP contribution in [-0.2, 0) is 11.3 Å². The van der Waals surface area contributed by atoms with Gasteiger partial charge in [0.1, 0.15) is 0 Å². The molecule has 1 fully saturated rings. The Kier molecular flexibility index (Phi) is 3.17. The molecular formula is C15H16N2O2. The highest BCUT2D eigenvalue weighted by Crippen LogP contribution is 2.22. The summed E-state index contributed by atoms with van der Waals surface area (Å²) in [5.41, 5.74) is 2.21. The molecule has 4 nitrogen and oxygen atoms in total. The summed E-state index contributed by atoms with van der Waals surface area (Å²) in [6.07, 6.45) is 2.57. The van der Waals surface area contributed by atoms with Crippen LogP contribution in [0.3, 0.4) is 0 Å². The van der Waals surface area contributed by atoms with Gasteiger partial charge in [0.05, 0.1) is 11.4 Å². The highest BCUT2D eigenvalue weighted by Gasteiger charge is 2.27. The maximum atomic E-state index is 11.0. The van der Waals surface area contributed by atoms with Crippen LogP contribution in [0, 0.1) is 5.92 Å². The minimum atomic E-state index is -0.679. The Morgan fingerprint density at radius 2 is 2.21 bits per heavy atom. The topological polar surface area (TPSA) is 53.4 Å². The molecule has 1 N–H and O–H groups in total. The van der Waals surface area contributed by atoms with E-state index >= 15 is 0 Å². The molecule has 1 unspecified atom stereocenters. The highest BCUT2D eigenvalue weighted by atomic mass is 16.4. The number of fused-ring (bicyclic) bond motifs is 1. The molecule has 19 heavy (non-hydrogen) atoms. The number of pyridine rings is 1. The van der Waals surface area contributed by atoms with Gasteiger partial charge in [-0.1, -0.05) is 18.2 Å². The summed E-state index contributed by atoms with van der Waals surface area (Å²) in [6.45, 7) is 2.30. The number of carboxylic acid groups (broad SMARTS) is 1. The molecule has 1 aromatic heterocycles. The highest BCUT2D eigenvalue weighted by molar-refractivity contribution is 5.81. The van der Waals surface area contributed by atoms with E-state index in [-0.39, 0.29) is 5.92 Å². The summed E-state index contributed by atoms with van der Waals surface area (Å²) in [6, 6.07) is 10.1. The Bertz CT molecular complexity index is 607. The second kappa shape index (κ2) is 4.97. The predicted octanol–water partition coefficient (Wildman–Crippen LogP) is 2.14. The zero-order chi connectivity index (χ0) is 13.2. The first-order valence-electron chi connectivity index (χ1n) is 6.52. The zero-order valence-corrected chi connectivity index (χ0v) is 10.6. The number of aromatic nitrogens is 1. The molecule has 1 aromatic carbocycles. The van der Waals surface area contributed by atoms with Crippen LogP contribution in [-0.4, -0.2) is 34.0 Å². The summed E-state index contributed by atoms with van der Waals surface area (Å²) < 4.78 is 0. The van der Waals surface area contributed by atoms with Gasteiger partial charge in [-0.05, 0) is 30.7 Å². The SMILES string of the molecule is O=C(O)C1CCN(Cc2ccnc3ccccc23)C1. The number of likely N-dealkylation sites (tertiary alicyclic amines) is 1. The van der Waals surface area contributed by atoms with E-state index in [0.717, 1.165) is 30.4 Å². The lowest BCUT2D eigenvalue weighted by Crippen LogP contribution is -2.22. The molecule has 0 radical (unpaired) electrons. The minimum Gasteiger partial charge on any atom is -0.481 e. The first-order chi connectivity index (χ1) is 9.24. The summed E-state index contributed by atoms with van der Waals surface area (Å²) in [4.78, 5) is 17.5. The zero-order valence-electron chi connectivity index (χ0n) is 10.6. The lowest BCUT2D eigenvalue weighted by atomic mass is 10.1. The van der Waals surface area contributed by atoms with Gasteiger partial charge in [-0.15, -0.1) is 0 Å². The number of para-hydroxylation sites is 1. The maximum Gasteiger partial charge on any atom is 0.307 e. The second-order valence-corrected chi connectivity index (χ2v) is 5.05. The van der Waals surface area contributed by atoms with Crippen LogP contribution in [0.1, 0.15) is 12.0 Å². The lowest BCUT2D eigenvalue weighted by Gasteiger charge is -2.16. The summed E-state index contributed by atoms with van der Waals surface area (Å²) in [5.74, 6) is -0.893. The van der Waals surface area contributed by atoms with Crippen molar-refractivity contribution in [2.45, 2.75) is 13.0 Å². The van der Waals surface area contributed by atoms with Gasteiger partial charge < -0.3 is 5.11 Å². The van der Waals surface area contributed by atoms with Crippen molar-refractivity contribution >= 4 is 16.9 Å². The maximum absolute atomic E-state index is 11.0. The lowest BCUT2D eigenvalue weighted by molar-refractivity contribution is -0.141. The van der Waals surface area contributed by atoms with Crippen LogP contribution in [0.15, 0.2) is 36.5 Å². The summed E-state index contributed by atoms with van der Waals surface area (Å²) in [5, 5.41) is 10.2. The number of carboxylic acids is 1. The van der Waals surface area contributed by atoms with Crippen LogP contribution in [0.4, 0.5) is 0 Å². The third kappa shape index (κ3) is 2.44. The van der Waals surface area contributed by atoms with E-state index in [2.05, 4.69) is 16.0 Å². The smallest absolute Gasteiger partial charge is 0.307 e. The molecule has 2 aromatic rings. The van der Waals surface area contributed by atoms with Gasteiger partial charge in [-0.3, -0.25) is 14.7 Å². The first-order valence-corrected chi connectivity index (χ1v) is 6.52. The molecule has 0 aliphatic carbocycles. The van der Waals surface area contributed by atoms with Crippen molar-refractivity contribution in [1.82, 2.24) is 9.88 Å². The van der Waals surface area contributed by atoms with Gasteiger partial charge in [0, 0.05) is 24.7 Å². The fourth-order valence-corrected chi connectivity index (χ4v) is 2.71. The van der Waals surface area contributed by atoms with Gasteiger partial charge in [0.15, 0.2) is 0 Å². The molecular weight excluding hydrogens is 240 g/mol. The van der Waals surface area contributed by atoms with E-state index in [4.69, 9.17) is 5.11 Å². The van der Waals surface area contributed by atoms with Crippen molar-refractivity contribution in [2.75, 3.05) is 13.1 Å². The largest absolute Gasteiger partial charge is 0.481 e. The van der Waals surface area contributed by atoms with Gasteiger partial charge in [0.25, 0.3) is 0 Å². The first kappa shape index (κ1) is 12.1. The Balaban J connectivity index is 1.81. The molecule has 3 rings (SSSR count). The van der Waals surface area contributed by atoms with Gasteiger partial charge in [-0.25, -0.2) is 0 Å². The quantitative estimate of drug-likeness (QED) is 0.914. The molecule has 1 atom stereocenters. The van der Waals surface area contributed by atoms with Gasteiger partial charge >= 0.3 is 5.97 Å². The Hall–Kier alpha value is -1.94. The van der Waals surface area contributed by atoms with Crippen molar-refractivity contribution in [3.8, 4) is 0 Å². The number of rotatable bonds is 3. The molecule has 1 aliphatic rings. The molecule has 0 bridgehead atoms. The number of carbonyl (C=O) groups is 1. The van der Waals surface area contributed by atoms with E-state index in [9.17, 15) is 4.79 Å². The van der Waals surface area contributed by atoms with E-state index in [1.165, 1.54) is 5.56 Å². The van der Waals surface area contributed by atoms with Gasteiger partial charge in [-0.2, -0.15) is 0 Å². The molecule has 4 heteroatoms. The average molecular weight is 256 g/mol. The average Bonchev–Trinajstić information content (AvgIpc) is 2.88. The Labute approximate surface area is 111 Å². The minimum absolute atomic E-state index is 0.215. The molecule has 0 spiro atoms. The van der Waals surface area contributed by atoms with Crippen LogP contribution in [0.2, 0.25) is 0 Å². The molecule has 1 saturated heterocycles. The molecule has 2 heterocycles. The van der Waals surface area contributed by atoms with Crippen molar-refractivity contribution in [3.05, 3.63) is 42.1 Å². The van der Waals surface area contributed by atoms with E-state index in [1.54, 1.807) is 0 Å². The predicted molar refractivity (Wildman–Crippen MR) is 72.8 cm³/mol. The van der Waals surface area contributed by atoms with Crippen molar-refractivity contribution in [1.29, 1.82) is 0 Å². The van der Waals surface area contributed by atoms with Crippen molar-refractivity contribution in [2.24, 2.45) is 5.92 Å². The van der Waals surface area contributed by atoms with Crippen LogP contribution in [0.5, 0.6) is 0 Å². The molecule has 0 saturated carbocycles. The van der Waals surface area contributed by atoms with Gasteiger partial charge in [0.2, 0.25) is 0 Å². The number of nitrogens with zero attached hydrogens (tertiary/aromatic N) is 2. The fourth-order valence-electron chi connectivity index (χ4n) is 2.71. The second-order valence-electron chi connectivity index (χ2n) is 5.05. The number of aliphatic carboxylic acids is 1. The van der Waals surface area contributed by atoms with Crippen molar-refractivity contribution < 1.29 is 9.90 Å². The van der Waals surface area contributed by atoms with Crippen molar-refractivity contribution in [3.63, 3.8) is 0 Å².